The third-order valence-corrected chi connectivity index (χ3v) is 2.66. The minimum absolute atomic E-state index is 0.305. The van der Waals surface area contributed by atoms with E-state index in [1.54, 1.807) is 7.11 Å². The number of rotatable bonds is 4. The van der Waals surface area contributed by atoms with Crippen LogP contribution in [0.15, 0.2) is 0 Å². The molecular formula is C10H22N2O. The Morgan fingerprint density at radius 1 is 1.46 bits per heavy atom. The van der Waals surface area contributed by atoms with Gasteiger partial charge in [0.15, 0.2) is 0 Å². The van der Waals surface area contributed by atoms with Crippen molar-refractivity contribution in [3.8, 4) is 0 Å². The number of hydrogen-bond acceptors (Lipinski definition) is 3. The summed E-state index contributed by atoms with van der Waals surface area (Å²) in [4.78, 5) is 2.46. The van der Waals surface area contributed by atoms with Gasteiger partial charge in [-0.2, -0.15) is 0 Å². The Kier molecular flexibility index (Phi) is 4.70. The van der Waals surface area contributed by atoms with Gasteiger partial charge in [-0.3, -0.25) is 0 Å². The number of hydrogen-bond donors (Lipinski definition) is 1. The summed E-state index contributed by atoms with van der Waals surface area (Å²) in [7, 11) is 1.79. The second-order valence-corrected chi connectivity index (χ2v) is 4.18. The number of likely N-dealkylation sites (tertiary alicyclic amines) is 1. The lowest BCUT2D eigenvalue weighted by Crippen LogP contribution is -2.41. The molecule has 1 atom stereocenters. The second kappa shape index (κ2) is 5.58. The number of nitrogens with two attached hydrogens (primary N) is 1. The van der Waals surface area contributed by atoms with Gasteiger partial charge in [0.1, 0.15) is 0 Å². The fourth-order valence-electron chi connectivity index (χ4n) is 1.98. The molecule has 1 rings (SSSR count). The van der Waals surface area contributed by atoms with E-state index in [4.69, 9.17) is 10.5 Å². The van der Waals surface area contributed by atoms with E-state index in [1.807, 2.05) is 0 Å². The summed E-state index contributed by atoms with van der Waals surface area (Å²) in [5, 5.41) is 0. The summed E-state index contributed by atoms with van der Waals surface area (Å²) in [5.74, 6) is 0.773. The van der Waals surface area contributed by atoms with Crippen LogP contribution in [0, 0.1) is 5.92 Å². The van der Waals surface area contributed by atoms with Crippen molar-refractivity contribution in [1.29, 1.82) is 0 Å². The van der Waals surface area contributed by atoms with Crippen molar-refractivity contribution in [2.45, 2.75) is 25.8 Å². The Morgan fingerprint density at radius 3 is 2.54 bits per heavy atom. The molecule has 0 unspecified atom stereocenters. The van der Waals surface area contributed by atoms with E-state index in [0.717, 1.165) is 19.1 Å². The van der Waals surface area contributed by atoms with E-state index in [9.17, 15) is 0 Å². The normalized spacial score (nSPS) is 23.3. The van der Waals surface area contributed by atoms with Gasteiger partial charge in [-0.1, -0.05) is 0 Å². The van der Waals surface area contributed by atoms with Gasteiger partial charge in [0.05, 0.1) is 0 Å². The van der Waals surface area contributed by atoms with Crippen molar-refractivity contribution >= 4 is 0 Å². The van der Waals surface area contributed by atoms with Gasteiger partial charge in [0.25, 0.3) is 0 Å². The first-order valence-corrected chi connectivity index (χ1v) is 5.19. The maximum Gasteiger partial charge on any atom is 0.0491 e. The molecule has 0 aromatic carbocycles. The van der Waals surface area contributed by atoms with Gasteiger partial charge >= 0.3 is 0 Å². The average Bonchev–Trinajstić information content (AvgIpc) is 2.08. The average molecular weight is 186 g/mol. The second-order valence-electron chi connectivity index (χ2n) is 4.18. The molecule has 1 aliphatic heterocycles. The van der Waals surface area contributed by atoms with Gasteiger partial charge in [0.2, 0.25) is 0 Å². The number of piperidine rings is 1. The van der Waals surface area contributed by atoms with Crippen LogP contribution in [-0.2, 0) is 4.74 Å². The van der Waals surface area contributed by atoms with Crippen LogP contribution >= 0.6 is 0 Å². The highest BCUT2D eigenvalue weighted by Crippen LogP contribution is 2.16. The maximum atomic E-state index is 5.75. The largest absolute Gasteiger partial charge is 0.384 e. The van der Waals surface area contributed by atoms with Crippen molar-refractivity contribution in [3.05, 3.63) is 0 Å². The molecule has 0 amide bonds. The molecule has 0 aromatic rings. The summed E-state index contributed by atoms with van der Waals surface area (Å²) < 4.78 is 5.15. The first-order chi connectivity index (χ1) is 6.22. The van der Waals surface area contributed by atoms with Crippen molar-refractivity contribution in [2.75, 3.05) is 33.4 Å². The van der Waals surface area contributed by atoms with E-state index in [0.29, 0.717) is 6.04 Å². The number of nitrogens with zero attached hydrogens (tertiary/aromatic N) is 1. The van der Waals surface area contributed by atoms with Gasteiger partial charge in [-0.15, -0.1) is 0 Å². The van der Waals surface area contributed by atoms with Gasteiger partial charge in [0, 0.05) is 26.3 Å². The molecule has 1 heterocycles. The topological polar surface area (TPSA) is 38.5 Å². The SMILES string of the molecule is COCC1CCN(C[C@@H](C)N)CC1. The molecule has 0 saturated carbocycles. The first-order valence-electron chi connectivity index (χ1n) is 5.19. The predicted molar refractivity (Wildman–Crippen MR) is 54.7 cm³/mol. The van der Waals surface area contributed by atoms with Gasteiger partial charge in [-0.25, -0.2) is 0 Å². The van der Waals surface area contributed by atoms with Crippen LogP contribution in [0.1, 0.15) is 19.8 Å². The monoisotopic (exact) mass is 186 g/mol. The Hall–Kier alpha value is -0.120. The molecule has 3 nitrogen and oxygen atoms in total. The van der Waals surface area contributed by atoms with Crippen molar-refractivity contribution < 1.29 is 4.74 Å². The fraction of sp³-hybridized carbons (Fsp3) is 1.00. The Labute approximate surface area is 81.2 Å². The molecule has 1 fully saturated rings. The van der Waals surface area contributed by atoms with E-state index in [1.165, 1.54) is 25.9 Å². The highest BCUT2D eigenvalue weighted by Gasteiger charge is 2.19. The summed E-state index contributed by atoms with van der Waals surface area (Å²) in [6, 6.07) is 0.305. The Balaban J connectivity index is 2.15. The smallest absolute Gasteiger partial charge is 0.0491 e. The van der Waals surface area contributed by atoms with E-state index in [2.05, 4.69) is 11.8 Å². The van der Waals surface area contributed by atoms with E-state index in [-0.39, 0.29) is 0 Å². The number of methoxy groups -OCH3 is 1. The molecule has 1 saturated heterocycles. The minimum Gasteiger partial charge on any atom is -0.384 e. The maximum absolute atomic E-state index is 5.75. The molecule has 0 aliphatic carbocycles. The van der Waals surface area contributed by atoms with Gasteiger partial charge < -0.3 is 15.4 Å². The summed E-state index contributed by atoms with van der Waals surface area (Å²) in [6.45, 7) is 6.41. The molecule has 2 N–H and O–H groups in total. The highest BCUT2D eigenvalue weighted by molar-refractivity contribution is 4.73. The van der Waals surface area contributed by atoms with Crippen LogP contribution in [-0.4, -0.2) is 44.3 Å². The lowest BCUT2D eigenvalue weighted by atomic mass is 9.97. The zero-order chi connectivity index (χ0) is 9.68. The Bertz CT molecular complexity index is 131. The van der Waals surface area contributed by atoms with Gasteiger partial charge in [-0.05, 0) is 38.8 Å². The van der Waals surface area contributed by atoms with Crippen LogP contribution in [0.25, 0.3) is 0 Å². The molecule has 13 heavy (non-hydrogen) atoms. The van der Waals surface area contributed by atoms with Crippen LogP contribution in [0.5, 0.6) is 0 Å². The molecule has 0 aromatic heterocycles. The quantitative estimate of drug-likeness (QED) is 0.702. The van der Waals surface area contributed by atoms with Crippen molar-refractivity contribution in [1.82, 2.24) is 4.90 Å². The van der Waals surface area contributed by atoms with Crippen LogP contribution < -0.4 is 5.73 Å². The highest BCUT2D eigenvalue weighted by atomic mass is 16.5. The zero-order valence-electron chi connectivity index (χ0n) is 8.83. The summed E-state index contributed by atoms with van der Waals surface area (Å²) >= 11 is 0. The van der Waals surface area contributed by atoms with Crippen molar-refractivity contribution in [3.63, 3.8) is 0 Å². The third kappa shape index (κ3) is 4.07. The molecule has 3 heteroatoms. The minimum atomic E-state index is 0.305. The molecule has 0 bridgehead atoms. The van der Waals surface area contributed by atoms with Crippen molar-refractivity contribution in [2.24, 2.45) is 11.7 Å². The summed E-state index contributed by atoms with van der Waals surface area (Å²) in [5.41, 5.74) is 5.75. The number of ether oxygens (including phenoxy) is 1. The third-order valence-electron chi connectivity index (χ3n) is 2.66. The first kappa shape index (κ1) is 11.0. The van der Waals surface area contributed by atoms with Crippen LogP contribution in [0.2, 0.25) is 0 Å². The fourth-order valence-corrected chi connectivity index (χ4v) is 1.98. The van der Waals surface area contributed by atoms with E-state index < -0.39 is 0 Å². The molecular weight excluding hydrogens is 164 g/mol. The molecule has 1 aliphatic rings. The summed E-state index contributed by atoms with van der Waals surface area (Å²) in [6.07, 6.45) is 2.53. The molecule has 0 radical (unpaired) electrons. The lowest BCUT2D eigenvalue weighted by molar-refractivity contribution is 0.0978. The van der Waals surface area contributed by atoms with E-state index >= 15 is 0 Å². The zero-order valence-corrected chi connectivity index (χ0v) is 8.83. The van der Waals surface area contributed by atoms with Crippen LogP contribution in [0.3, 0.4) is 0 Å². The predicted octanol–water partition coefficient (Wildman–Crippen LogP) is 0.692. The molecule has 78 valence electrons. The van der Waals surface area contributed by atoms with Crippen LogP contribution in [0.4, 0.5) is 0 Å². The standard InChI is InChI=1S/C10H22N2O/c1-9(11)7-12-5-3-10(4-6-12)8-13-2/h9-10H,3-8,11H2,1-2H3/t9-/m1/s1. The lowest BCUT2D eigenvalue weighted by Gasteiger charge is -2.32. The molecule has 0 spiro atoms. The Morgan fingerprint density at radius 2 is 2.08 bits per heavy atom.